The summed E-state index contributed by atoms with van der Waals surface area (Å²) in [7, 11) is 0. The Labute approximate surface area is 94.3 Å². The maximum atomic E-state index is 12.5. The highest BCUT2D eigenvalue weighted by Gasteiger charge is 2.30. The summed E-state index contributed by atoms with van der Waals surface area (Å²) in [6, 6.07) is 4.69. The summed E-state index contributed by atoms with van der Waals surface area (Å²) in [6.07, 6.45) is -3.30. The minimum atomic E-state index is -4.41. The topological polar surface area (TPSA) is 47.5 Å². The van der Waals surface area contributed by atoms with E-state index in [9.17, 15) is 18.0 Å². The zero-order valence-electron chi connectivity index (χ0n) is 8.66. The second-order valence-corrected chi connectivity index (χ2v) is 3.58. The molecule has 2 heterocycles. The lowest BCUT2D eigenvalue weighted by atomic mass is 10.2. The molecule has 0 fully saturated rings. The number of fused-ring (bicyclic) bond motifs is 1. The van der Waals surface area contributed by atoms with Crippen molar-refractivity contribution in [3.63, 3.8) is 0 Å². The molecule has 2 aromatic heterocycles. The van der Waals surface area contributed by atoms with Gasteiger partial charge in [-0.3, -0.25) is 9.20 Å². The molecule has 0 aliphatic heterocycles. The van der Waals surface area contributed by atoms with Crippen LogP contribution in [-0.2, 0) is 12.7 Å². The molecule has 0 saturated heterocycles. The number of hydrogen-bond acceptors (Lipinski definition) is 2. The number of hydrogen-bond donors (Lipinski definition) is 1. The molecule has 2 aromatic rings. The molecule has 0 saturated carbocycles. The Morgan fingerprint density at radius 3 is 2.53 bits per heavy atom. The average Bonchev–Trinajstić information content (AvgIpc) is 2.28. The van der Waals surface area contributed by atoms with Crippen LogP contribution in [0.1, 0.15) is 11.1 Å². The molecular formula is C11H9F3N2O. The van der Waals surface area contributed by atoms with Gasteiger partial charge >= 0.3 is 6.18 Å². The van der Waals surface area contributed by atoms with Gasteiger partial charge in [0.1, 0.15) is 0 Å². The summed E-state index contributed by atoms with van der Waals surface area (Å²) in [5, 5.41) is 0. The molecule has 2 rings (SSSR count). The van der Waals surface area contributed by atoms with Gasteiger partial charge in [0.05, 0.1) is 5.56 Å². The number of alkyl halides is 3. The number of aromatic nitrogens is 1. The van der Waals surface area contributed by atoms with Crippen LogP contribution < -0.4 is 11.3 Å². The third-order valence-electron chi connectivity index (χ3n) is 2.48. The van der Waals surface area contributed by atoms with Gasteiger partial charge in [0.25, 0.3) is 5.56 Å². The zero-order chi connectivity index (χ0) is 12.6. The van der Waals surface area contributed by atoms with Gasteiger partial charge < -0.3 is 5.73 Å². The molecule has 0 atom stereocenters. The molecule has 0 spiro atoms. The van der Waals surface area contributed by atoms with E-state index >= 15 is 0 Å². The van der Waals surface area contributed by atoms with E-state index < -0.39 is 17.3 Å². The van der Waals surface area contributed by atoms with Crippen molar-refractivity contribution >= 4 is 5.52 Å². The molecule has 6 heteroatoms. The fraction of sp³-hybridized carbons (Fsp3) is 0.182. The summed E-state index contributed by atoms with van der Waals surface area (Å²) < 4.78 is 38.5. The van der Waals surface area contributed by atoms with E-state index in [0.717, 1.165) is 22.7 Å². The zero-order valence-corrected chi connectivity index (χ0v) is 8.66. The van der Waals surface area contributed by atoms with Crippen LogP contribution in [0.5, 0.6) is 0 Å². The van der Waals surface area contributed by atoms with Crippen molar-refractivity contribution < 1.29 is 13.2 Å². The van der Waals surface area contributed by atoms with Crippen molar-refractivity contribution in [3.05, 3.63) is 51.9 Å². The fourth-order valence-corrected chi connectivity index (χ4v) is 1.57. The van der Waals surface area contributed by atoms with Crippen molar-refractivity contribution in [3.8, 4) is 0 Å². The largest absolute Gasteiger partial charge is 0.416 e. The predicted octanol–water partition coefficient (Wildman–Crippen LogP) is 1.78. The number of rotatable bonds is 1. The summed E-state index contributed by atoms with van der Waals surface area (Å²) >= 11 is 0. The number of pyridine rings is 2. The molecule has 3 nitrogen and oxygen atoms in total. The fourth-order valence-electron chi connectivity index (χ4n) is 1.57. The van der Waals surface area contributed by atoms with Crippen LogP contribution in [0.25, 0.3) is 5.52 Å². The van der Waals surface area contributed by atoms with E-state index in [0.29, 0.717) is 5.56 Å². The second kappa shape index (κ2) is 3.89. The van der Waals surface area contributed by atoms with Gasteiger partial charge in [0, 0.05) is 23.8 Å². The standard InChI is InChI=1S/C11H9F3N2O/c12-11(13,14)8-3-4-16-9(5-8)2-1-7(6-15)10(16)17/h1-5H,6,15H2. The van der Waals surface area contributed by atoms with Gasteiger partial charge in [-0.1, -0.05) is 6.07 Å². The van der Waals surface area contributed by atoms with Crippen LogP contribution in [-0.4, -0.2) is 4.40 Å². The van der Waals surface area contributed by atoms with Gasteiger partial charge in [-0.25, -0.2) is 0 Å². The van der Waals surface area contributed by atoms with E-state index in [4.69, 9.17) is 5.73 Å². The van der Waals surface area contributed by atoms with Crippen molar-refractivity contribution in [2.75, 3.05) is 0 Å². The maximum absolute atomic E-state index is 12.5. The first-order valence-electron chi connectivity index (χ1n) is 4.85. The molecule has 0 aliphatic carbocycles. The summed E-state index contributed by atoms with van der Waals surface area (Å²) in [5.74, 6) is 0. The van der Waals surface area contributed by atoms with E-state index in [1.54, 1.807) is 0 Å². The summed E-state index contributed by atoms with van der Waals surface area (Å²) in [4.78, 5) is 11.7. The Kier molecular flexibility index (Phi) is 2.66. The highest BCUT2D eigenvalue weighted by molar-refractivity contribution is 5.50. The molecular weight excluding hydrogens is 233 g/mol. The SMILES string of the molecule is NCc1ccc2cc(C(F)(F)F)ccn2c1=O. The van der Waals surface area contributed by atoms with Crippen LogP contribution in [0, 0.1) is 0 Å². The molecule has 0 aromatic carbocycles. The Bertz CT molecular complexity index is 616. The monoisotopic (exact) mass is 242 g/mol. The minimum Gasteiger partial charge on any atom is -0.326 e. The third-order valence-corrected chi connectivity index (χ3v) is 2.48. The number of nitrogens with zero attached hydrogens (tertiary/aromatic N) is 1. The van der Waals surface area contributed by atoms with E-state index in [1.807, 2.05) is 0 Å². The van der Waals surface area contributed by atoms with Crippen molar-refractivity contribution in [2.24, 2.45) is 5.73 Å². The smallest absolute Gasteiger partial charge is 0.326 e. The molecule has 0 radical (unpaired) electrons. The minimum absolute atomic E-state index is 0.0583. The van der Waals surface area contributed by atoms with Gasteiger partial charge in [0.2, 0.25) is 0 Å². The molecule has 17 heavy (non-hydrogen) atoms. The lowest BCUT2D eigenvalue weighted by Gasteiger charge is -2.09. The first-order valence-corrected chi connectivity index (χ1v) is 4.85. The molecule has 90 valence electrons. The first-order chi connectivity index (χ1) is 7.93. The van der Waals surface area contributed by atoms with Crippen LogP contribution in [0.2, 0.25) is 0 Å². The number of nitrogens with two attached hydrogens (primary N) is 1. The predicted molar refractivity (Wildman–Crippen MR) is 56.6 cm³/mol. The maximum Gasteiger partial charge on any atom is 0.416 e. The van der Waals surface area contributed by atoms with Crippen molar-refractivity contribution in [1.29, 1.82) is 0 Å². The van der Waals surface area contributed by atoms with E-state index in [2.05, 4.69) is 0 Å². The molecule has 0 amide bonds. The Hall–Kier alpha value is -1.82. The van der Waals surface area contributed by atoms with Gasteiger partial charge in [0.15, 0.2) is 0 Å². The lowest BCUT2D eigenvalue weighted by molar-refractivity contribution is -0.137. The molecule has 0 aliphatic rings. The van der Waals surface area contributed by atoms with E-state index in [-0.39, 0.29) is 12.1 Å². The molecule has 0 unspecified atom stereocenters. The lowest BCUT2D eigenvalue weighted by Crippen LogP contribution is -2.20. The Balaban J connectivity index is 2.70. The normalized spacial score (nSPS) is 12.0. The van der Waals surface area contributed by atoms with Crippen LogP contribution in [0.15, 0.2) is 35.3 Å². The van der Waals surface area contributed by atoms with Crippen molar-refractivity contribution in [2.45, 2.75) is 12.7 Å². The first kappa shape index (κ1) is 11.7. The van der Waals surface area contributed by atoms with Gasteiger partial charge in [-0.2, -0.15) is 13.2 Å². The summed E-state index contributed by atoms with van der Waals surface area (Å²) in [6.45, 7) is 0.0583. The highest BCUT2D eigenvalue weighted by atomic mass is 19.4. The average molecular weight is 242 g/mol. The quantitative estimate of drug-likeness (QED) is 0.828. The Morgan fingerprint density at radius 1 is 1.24 bits per heavy atom. The van der Waals surface area contributed by atoms with Crippen LogP contribution in [0.4, 0.5) is 13.2 Å². The molecule has 2 N–H and O–H groups in total. The summed E-state index contributed by atoms with van der Waals surface area (Å²) in [5.41, 5.74) is 4.74. The van der Waals surface area contributed by atoms with E-state index in [1.165, 1.54) is 12.1 Å². The molecule has 0 bridgehead atoms. The Morgan fingerprint density at radius 2 is 1.94 bits per heavy atom. The highest BCUT2D eigenvalue weighted by Crippen LogP contribution is 2.29. The van der Waals surface area contributed by atoms with Gasteiger partial charge in [-0.15, -0.1) is 0 Å². The van der Waals surface area contributed by atoms with Crippen molar-refractivity contribution in [1.82, 2.24) is 4.40 Å². The van der Waals surface area contributed by atoms with Crippen LogP contribution >= 0.6 is 0 Å². The van der Waals surface area contributed by atoms with Crippen LogP contribution in [0.3, 0.4) is 0 Å². The second-order valence-electron chi connectivity index (χ2n) is 3.58. The number of halogens is 3. The third kappa shape index (κ3) is 2.03. The van der Waals surface area contributed by atoms with Gasteiger partial charge in [-0.05, 0) is 18.2 Å².